The van der Waals surface area contributed by atoms with Crippen LogP contribution in [0.3, 0.4) is 0 Å². The Balaban J connectivity index is 2.44. The maximum atomic E-state index is 11.4. The lowest BCUT2D eigenvalue weighted by atomic mass is 10.3. The summed E-state index contributed by atoms with van der Waals surface area (Å²) in [5, 5.41) is 7.05. The summed E-state index contributed by atoms with van der Waals surface area (Å²) in [6, 6.07) is 0.205. The number of nitrogens with zero attached hydrogens (tertiary/aromatic N) is 2. The summed E-state index contributed by atoms with van der Waals surface area (Å²) in [5.74, 6) is 0.0786. The van der Waals surface area contributed by atoms with E-state index >= 15 is 0 Å². The number of rotatable bonds is 4. The van der Waals surface area contributed by atoms with Crippen LogP contribution in [0.5, 0.6) is 0 Å². The van der Waals surface area contributed by atoms with Gasteiger partial charge in [0.1, 0.15) is 0 Å². The van der Waals surface area contributed by atoms with Crippen LogP contribution in [0.2, 0.25) is 0 Å². The van der Waals surface area contributed by atoms with Crippen LogP contribution in [0.15, 0.2) is 6.20 Å². The van der Waals surface area contributed by atoms with Gasteiger partial charge in [-0.2, -0.15) is 5.10 Å². The van der Waals surface area contributed by atoms with Crippen molar-refractivity contribution in [2.75, 3.05) is 0 Å². The molecule has 1 N–H and O–H groups in total. The van der Waals surface area contributed by atoms with E-state index in [1.807, 2.05) is 31.6 Å². The van der Waals surface area contributed by atoms with Crippen LogP contribution < -0.4 is 5.32 Å². The molecule has 0 aliphatic heterocycles. The van der Waals surface area contributed by atoms with Crippen molar-refractivity contribution >= 4 is 28.5 Å². The maximum Gasteiger partial charge on any atom is 0.222 e. The average molecular weight is 321 g/mol. The smallest absolute Gasteiger partial charge is 0.222 e. The van der Waals surface area contributed by atoms with Gasteiger partial charge >= 0.3 is 0 Å². The van der Waals surface area contributed by atoms with Crippen molar-refractivity contribution in [1.29, 1.82) is 0 Å². The number of amides is 1. The molecular weight excluding hydrogens is 305 g/mol. The third kappa shape index (κ3) is 3.81. The van der Waals surface area contributed by atoms with Gasteiger partial charge in [0, 0.05) is 24.7 Å². The fraction of sp³-hybridized carbons (Fsp3) is 0.600. The van der Waals surface area contributed by atoms with Gasteiger partial charge in [-0.05, 0) is 43.4 Å². The van der Waals surface area contributed by atoms with Crippen molar-refractivity contribution in [3.63, 3.8) is 0 Å². The minimum absolute atomic E-state index is 0.0786. The van der Waals surface area contributed by atoms with E-state index in [0.717, 1.165) is 9.26 Å². The molecule has 0 saturated carbocycles. The topological polar surface area (TPSA) is 46.9 Å². The molecule has 1 aromatic heterocycles. The summed E-state index contributed by atoms with van der Waals surface area (Å²) in [6.45, 7) is 6.57. The van der Waals surface area contributed by atoms with E-state index in [2.05, 4.69) is 33.0 Å². The summed E-state index contributed by atoms with van der Waals surface area (Å²) < 4.78 is 3.00. The first-order chi connectivity index (χ1) is 7.00. The Bertz CT molecular complexity index is 346. The molecule has 0 spiro atoms. The molecule has 0 atom stereocenters. The molecule has 1 heterocycles. The van der Waals surface area contributed by atoms with E-state index < -0.39 is 0 Å². The van der Waals surface area contributed by atoms with Crippen molar-refractivity contribution in [2.24, 2.45) is 0 Å². The summed E-state index contributed by atoms with van der Waals surface area (Å²) in [5.41, 5.74) is 1.12. The van der Waals surface area contributed by atoms with E-state index in [1.54, 1.807) is 0 Å². The van der Waals surface area contributed by atoms with Gasteiger partial charge in [-0.15, -0.1) is 0 Å². The Kier molecular flexibility index (Phi) is 4.56. The second-order valence-corrected chi connectivity index (χ2v) is 4.94. The highest BCUT2D eigenvalue weighted by Gasteiger charge is 2.06. The van der Waals surface area contributed by atoms with Gasteiger partial charge in [0.25, 0.3) is 0 Å². The van der Waals surface area contributed by atoms with Crippen LogP contribution in [0.4, 0.5) is 0 Å². The molecule has 0 unspecified atom stereocenters. The predicted octanol–water partition coefficient (Wildman–Crippen LogP) is 1.71. The van der Waals surface area contributed by atoms with Gasteiger partial charge in [-0.25, -0.2) is 0 Å². The average Bonchev–Trinajstić information content (AvgIpc) is 2.44. The summed E-state index contributed by atoms with van der Waals surface area (Å²) >= 11 is 2.24. The lowest BCUT2D eigenvalue weighted by Crippen LogP contribution is -2.30. The van der Waals surface area contributed by atoms with Crippen LogP contribution in [0, 0.1) is 10.5 Å². The van der Waals surface area contributed by atoms with Gasteiger partial charge < -0.3 is 5.32 Å². The van der Waals surface area contributed by atoms with Crippen molar-refractivity contribution in [3.8, 4) is 0 Å². The molecule has 0 aliphatic rings. The molecule has 0 saturated heterocycles. The first kappa shape index (κ1) is 12.5. The lowest BCUT2D eigenvalue weighted by molar-refractivity contribution is -0.121. The molecule has 0 fully saturated rings. The molecule has 0 aliphatic carbocycles. The van der Waals surface area contributed by atoms with Gasteiger partial charge in [0.05, 0.1) is 9.77 Å². The summed E-state index contributed by atoms with van der Waals surface area (Å²) in [7, 11) is 0. The first-order valence-corrected chi connectivity index (χ1v) is 6.06. The van der Waals surface area contributed by atoms with E-state index in [-0.39, 0.29) is 11.9 Å². The SMILES string of the molecule is Cc1c(I)cnn1CCC(=O)NC(C)C. The Morgan fingerprint density at radius 1 is 1.67 bits per heavy atom. The van der Waals surface area contributed by atoms with Gasteiger partial charge in [0.15, 0.2) is 0 Å². The second-order valence-electron chi connectivity index (χ2n) is 3.77. The molecule has 0 aromatic carbocycles. The number of nitrogens with one attached hydrogen (secondary N) is 1. The van der Waals surface area contributed by atoms with Gasteiger partial charge in [-0.3, -0.25) is 9.48 Å². The zero-order valence-electron chi connectivity index (χ0n) is 9.25. The molecule has 0 radical (unpaired) electrons. The molecule has 5 heteroatoms. The van der Waals surface area contributed by atoms with Crippen LogP contribution in [0.25, 0.3) is 0 Å². The number of carbonyl (C=O) groups is 1. The Labute approximate surface area is 104 Å². The molecule has 15 heavy (non-hydrogen) atoms. The van der Waals surface area contributed by atoms with Crippen LogP contribution in [0.1, 0.15) is 26.0 Å². The van der Waals surface area contributed by atoms with E-state index in [1.165, 1.54) is 0 Å². The standard InChI is InChI=1S/C10H16IN3O/c1-7(2)13-10(15)4-5-14-8(3)9(11)6-12-14/h6-7H,4-5H2,1-3H3,(H,13,15). The third-order valence-electron chi connectivity index (χ3n) is 2.04. The minimum atomic E-state index is 0.0786. The van der Waals surface area contributed by atoms with E-state index in [9.17, 15) is 4.79 Å². The number of aryl methyl sites for hydroxylation is 1. The van der Waals surface area contributed by atoms with Crippen LogP contribution >= 0.6 is 22.6 Å². The monoisotopic (exact) mass is 321 g/mol. The number of hydrogen-bond acceptors (Lipinski definition) is 2. The Hall–Kier alpha value is -0.590. The lowest BCUT2D eigenvalue weighted by Gasteiger charge is -2.08. The predicted molar refractivity (Wildman–Crippen MR) is 67.6 cm³/mol. The molecule has 84 valence electrons. The summed E-state index contributed by atoms with van der Waals surface area (Å²) in [6.07, 6.45) is 2.30. The van der Waals surface area contributed by atoms with E-state index in [4.69, 9.17) is 0 Å². The highest BCUT2D eigenvalue weighted by molar-refractivity contribution is 14.1. The fourth-order valence-electron chi connectivity index (χ4n) is 1.25. The molecule has 1 aromatic rings. The molecule has 4 nitrogen and oxygen atoms in total. The van der Waals surface area contributed by atoms with Gasteiger partial charge in [-0.1, -0.05) is 0 Å². The summed E-state index contributed by atoms with van der Waals surface area (Å²) in [4.78, 5) is 11.4. The van der Waals surface area contributed by atoms with Crippen molar-refractivity contribution in [3.05, 3.63) is 15.5 Å². The van der Waals surface area contributed by atoms with Crippen molar-refractivity contribution < 1.29 is 4.79 Å². The number of carbonyl (C=O) groups excluding carboxylic acids is 1. The zero-order chi connectivity index (χ0) is 11.4. The number of hydrogen-bond donors (Lipinski definition) is 1. The van der Waals surface area contributed by atoms with Crippen LogP contribution in [-0.2, 0) is 11.3 Å². The van der Waals surface area contributed by atoms with Gasteiger partial charge in [0.2, 0.25) is 5.91 Å². The second kappa shape index (κ2) is 5.48. The minimum Gasteiger partial charge on any atom is -0.354 e. The normalized spacial score (nSPS) is 10.7. The van der Waals surface area contributed by atoms with Crippen molar-refractivity contribution in [1.82, 2.24) is 15.1 Å². The quantitative estimate of drug-likeness (QED) is 0.858. The molecule has 1 rings (SSSR count). The Morgan fingerprint density at radius 3 is 2.80 bits per heavy atom. The molecule has 0 bridgehead atoms. The van der Waals surface area contributed by atoms with E-state index in [0.29, 0.717) is 13.0 Å². The molecular formula is C10H16IN3O. The number of aromatic nitrogens is 2. The first-order valence-electron chi connectivity index (χ1n) is 4.98. The maximum absolute atomic E-state index is 11.4. The zero-order valence-corrected chi connectivity index (χ0v) is 11.4. The highest BCUT2D eigenvalue weighted by atomic mass is 127. The fourth-order valence-corrected chi connectivity index (χ4v) is 1.65. The number of halogens is 1. The van der Waals surface area contributed by atoms with Crippen molar-refractivity contribution in [2.45, 2.75) is 39.8 Å². The largest absolute Gasteiger partial charge is 0.354 e. The molecule has 1 amide bonds. The third-order valence-corrected chi connectivity index (χ3v) is 3.10. The van der Waals surface area contributed by atoms with Crippen LogP contribution in [-0.4, -0.2) is 21.7 Å². The Morgan fingerprint density at radius 2 is 2.33 bits per heavy atom. The highest BCUT2D eigenvalue weighted by Crippen LogP contribution is 2.09.